The number of aromatic nitrogens is 6. The first-order chi connectivity index (χ1) is 70.6. The van der Waals surface area contributed by atoms with Crippen molar-refractivity contribution >= 4 is 63.7 Å². The van der Waals surface area contributed by atoms with E-state index in [1.807, 2.05) is 145 Å². The van der Waals surface area contributed by atoms with Gasteiger partial charge in [0.2, 0.25) is 0 Å². The summed E-state index contributed by atoms with van der Waals surface area (Å²) in [5.74, 6) is 2.56. The van der Waals surface area contributed by atoms with Gasteiger partial charge >= 0.3 is 18.5 Å². The number of carbonyl (C=O) groups excluding carboxylic acids is 4. The number of morpholine rings is 5. The fourth-order valence-corrected chi connectivity index (χ4v) is 18.2. The number of nitrogens with one attached hydrogen (secondary N) is 2. The van der Waals surface area contributed by atoms with Gasteiger partial charge in [-0.1, -0.05) is 91.0 Å². The predicted molar refractivity (Wildman–Crippen MR) is 549 cm³/mol. The number of ketones is 2. The molecule has 0 saturated carbocycles. The van der Waals surface area contributed by atoms with Gasteiger partial charge in [0.25, 0.3) is 11.8 Å². The molecule has 0 spiro atoms. The van der Waals surface area contributed by atoms with Crippen LogP contribution in [0.2, 0.25) is 0 Å². The summed E-state index contributed by atoms with van der Waals surface area (Å²) in [6.07, 6.45) is -6.29. The Hall–Kier alpha value is -14.5. The number of hydrogen-bond acceptors (Lipinski definition) is 21. The Balaban J connectivity index is 0.000000140. The first kappa shape index (κ1) is 105. The van der Waals surface area contributed by atoms with E-state index in [-0.39, 0.29) is 35.9 Å². The number of halogens is 9. The summed E-state index contributed by atoms with van der Waals surface area (Å²) in [5, 5.41) is 19.6. The van der Waals surface area contributed by atoms with Gasteiger partial charge in [0.15, 0.2) is 11.6 Å². The molecule has 19 rings (SSSR count). The van der Waals surface area contributed by atoms with Gasteiger partial charge in [-0.2, -0.15) is 49.9 Å². The maximum atomic E-state index is 13.2. The van der Waals surface area contributed by atoms with Crippen molar-refractivity contribution in [2.75, 3.05) is 180 Å². The van der Waals surface area contributed by atoms with Gasteiger partial charge in [-0.15, -0.1) is 0 Å². The van der Waals surface area contributed by atoms with E-state index in [9.17, 15) is 64.0 Å². The number of amides is 2. The van der Waals surface area contributed by atoms with E-state index in [1.54, 1.807) is 59.5 Å². The van der Waals surface area contributed by atoms with Crippen molar-refractivity contribution in [1.29, 1.82) is 5.26 Å². The number of rotatable bonds is 22. The molecular weight excluding hydrogens is 1900 g/mol. The second-order valence-electron chi connectivity index (χ2n) is 37.5. The molecule has 0 aliphatic carbocycles. The van der Waals surface area contributed by atoms with Crippen molar-refractivity contribution in [3.05, 3.63) is 321 Å². The molecule has 8 aromatic carbocycles. The van der Waals surface area contributed by atoms with Gasteiger partial charge in [0, 0.05) is 173 Å². The number of hydrogen-bond donors (Lipinski definition) is 2. The van der Waals surface area contributed by atoms with Crippen LogP contribution in [0.5, 0.6) is 0 Å². The third-order valence-electron chi connectivity index (χ3n) is 26.7. The Morgan fingerprint density at radius 2 is 0.762 bits per heavy atom. The number of anilines is 7. The monoisotopic (exact) mass is 2010 g/mol. The zero-order valence-electron chi connectivity index (χ0n) is 82.8. The molecule has 2 amide bonds. The van der Waals surface area contributed by atoms with Gasteiger partial charge in [-0.3, -0.25) is 28.8 Å². The Bertz CT molecular complexity index is 6840. The summed E-state index contributed by atoms with van der Waals surface area (Å²) >= 11 is 0. The lowest BCUT2D eigenvalue weighted by atomic mass is 9.85. The summed E-state index contributed by atoms with van der Waals surface area (Å²) in [5.41, 5.74) is 16.2. The zero-order valence-corrected chi connectivity index (χ0v) is 82.8. The van der Waals surface area contributed by atoms with E-state index in [4.69, 9.17) is 43.4 Å². The molecule has 6 fully saturated rings. The molecule has 6 aliphatic rings. The van der Waals surface area contributed by atoms with Crippen molar-refractivity contribution in [3.63, 3.8) is 0 Å². The minimum absolute atomic E-state index is 0.0701. The highest BCUT2D eigenvalue weighted by atomic mass is 19.4. The van der Waals surface area contributed by atoms with Gasteiger partial charge < -0.3 is 63.6 Å². The fourth-order valence-electron chi connectivity index (χ4n) is 18.2. The van der Waals surface area contributed by atoms with Crippen molar-refractivity contribution in [3.8, 4) is 62.0 Å². The molecule has 0 atom stereocenters. The number of carbonyl (C=O) groups is 4. The van der Waals surface area contributed by atoms with Gasteiger partial charge in [-0.25, -0.2) is 15.0 Å². The highest BCUT2D eigenvalue weighted by Crippen LogP contribution is 2.41. The third kappa shape index (κ3) is 27.4. The van der Waals surface area contributed by atoms with Crippen molar-refractivity contribution in [1.82, 2.24) is 29.7 Å². The Labute approximate surface area is 847 Å². The molecule has 0 radical (unpaired) electrons. The highest BCUT2D eigenvalue weighted by molar-refractivity contribution is 6.06. The average Bonchev–Trinajstić information content (AvgIpc) is 1.48. The standard InChI is InChI=1S/C32H36N4O3.C29H30F3N3O3.C28H26F3N5O2.C25H23F3N2O2/c1-22-7-8-27(34-31(37)24-5-4-6-26(17-24)32(2,3)21-33)20-28(22)25-18-29(23-9-13-38-14-10-23)35-30(19-25)36-11-15-39-16-12-36;1-20-5-6-22(26(36)16-21-3-2-4-24(15-21)29(30,31)32)17-25(20)23-18-27(34-7-11-37-12-8-34)33-28(19-23)35-9-13-38-14-10-35;1-18-6-7-23(33-27(37)19-4-3-5-22(12-19)28(29,30)31)15-24(18)20-13-25(21-16-32-35(2)17-21)34-26(14-20)36-8-10-38-11-9-36;1-17-5-6-19(24(31)14-18-3-2-4-20(13-18)25(26,27)28)15-22(17)23-16-21(7-8-29-23)30-9-11-32-12-10-30/h4-8,17-20,23H,9-16H2,1-3H3,(H,34,37);2-6,15,17-19H,7-14,16H2,1H3;3-7,12-17H,8-11H2,1-2H3,(H,33,37);2-8,13,15-16H,9-12,14H2,1H3. The van der Waals surface area contributed by atoms with E-state index in [2.05, 4.69) is 70.3 Å². The molecule has 764 valence electrons. The van der Waals surface area contributed by atoms with Crippen LogP contribution in [0.3, 0.4) is 0 Å². The topological polar surface area (TPSA) is 257 Å². The summed E-state index contributed by atoms with van der Waals surface area (Å²) in [6, 6.07) is 62.4. The molecule has 13 aromatic rings. The lowest BCUT2D eigenvalue weighted by molar-refractivity contribution is -0.138. The largest absolute Gasteiger partial charge is 0.416 e. The van der Waals surface area contributed by atoms with Gasteiger partial charge in [0.1, 0.15) is 23.3 Å². The molecular formula is C114H115F9N14O10. The van der Waals surface area contributed by atoms with Crippen LogP contribution >= 0.6 is 0 Å². The van der Waals surface area contributed by atoms with Crippen LogP contribution in [-0.2, 0) is 72.3 Å². The number of benzene rings is 8. The van der Waals surface area contributed by atoms with Crippen LogP contribution in [0, 0.1) is 39.0 Å². The predicted octanol–water partition coefficient (Wildman–Crippen LogP) is 21.9. The molecule has 6 aliphatic heterocycles. The molecule has 5 aromatic heterocycles. The summed E-state index contributed by atoms with van der Waals surface area (Å²) in [6.45, 7) is 27.4. The zero-order chi connectivity index (χ0) is 104. The normalized spacial score (nSPS) is 15.4. The number of pyridine rings is 4. The van der Waals surface area contributed by atoms with Crippen molar-refractivity contribution < 1.29 is 87.1 Å². The number of alkyl halides is 9. The lowest BCUT2D eigenvalue weighted by Crippen LogP contribution is -2.39. The van der Waals surface area contributed by atoms with Crippen LogP contribution in [0.4, 0.5) is 79.8 Å². The summed E-state index contributed by atoms with van der Waals surface area (Å²) < 4.78 is 153. The van der Waals surface area contributed by atoms with Gasteiger partial charge in [0.05, 0.1) is 112 Å². The summed E-state index contributed by atoms with van der Waals surface area (Å²) in [7, 11) is 1.84. The maximum absolute atomic E-state index is 13.2. The first-order valence-corrected chi connectivity index (χ1v) is 49.0. The Morgan fingerprint density at radius 1 is 0.381 bits per heavy atom. The number of aryl methyl sites for hydroxylation is 5. The lowest BCUT2D eigenvalue weighted by Gasteiger charge is -2.32. The maximum Gasteiger partial charge on any atom is 0.416 e. The minimum atomic E-state index is -4.53. The number of Topliss-reactive ketones (excluding diaryl/α,β-unsaturated/α-hetero) is 2. The highest BCUT2D eigenvalue weighted by Gasteiger charge is 2.35. The SMILES string of the molecule is Cc1ccc(C(=O)Cc2cccc(C(F)(F)F)c2)cc1-c1cc(N2CCOCC2)ccn1.Cc1ccc(C(=O)Cc2cccc(C(F)(F)F)c2)cc1-c1cc(N2CCOCC2)nc(N2CCOCC2)c1.Cc1ccc(NC(=O)c2cccc(C(C)(C)C#N)c2)cc1-c1cc(C2CCOCC2)nc(N2CCOCC2)c1.Cc1ccc(NC(=O)c2cccc(C(F)(F)F)c2)cc1-c1cc(-c2cnn(C)c2)nc(N2CCOCC2)c1. The summed E-state index contributed by atoms with van der Waals surface area (Å²) in [4.78, 5) is 82.6. The van der Waals surface area contributed by atoms with E-state index >= 15 is 0 Å². The fraction of sp³-hybridized carbons (Fsp3) is 0.333. The molecule has 0 bridgehead atoms. The minimum Gasteiger partial charge on any atom is -0.381 e. The van der Waals surface area contributed by atoms with Crippen LogP contribution in [-0.4, -0.2) is 198 Å². The average molecular weight is 2010 g/mol. The number of nitriles is 1. The molecule has 6 saturated heterocycles. The van der Waals surface area contributed by atoms with Gasteiger partial charge in [-0.05, 0) is 254 Å². The molecule has 2 N–H and O–H groups in total. The quantitative estimate of drug-likeness (QED) is 0.0472. The smallest absolute Gasteiger partial charge is 0.381 e. The second-order valence-corrected chi connectivity index (χ2v) is 37.5. The molecule has 11 heterocycles. The number of nitrogens with zero attached hydrogens (tertiary/aromatic N) is 12. The molecule has 24 nitrogen and oxygen atoms in total. The first-order valence-electron chi connectivity index (χ1n) is 49.0. The van der Waals surface area contributed by atoms with E-state index in [1.165, 1.54) is 30.3 Å². The van der Waals surface area contributed by atoms with Crippen LogP contribution in [0.25, 0.3) is 55.9 Å². The second kappa shape index (κ2) is 47.3. The Morgan fingerprint density at radius 3 is 1.21 bits per heavy atom. The molecule has 147 heavy (non-hydrogen) atoms. The van der Waals surface area contributed by atoms with E-state index in [0.29, 0.717) is 105 Å². The van der Waals surface area contributed by atoms with E-state index in [0.717, 1.165) is 252 Å². The van der Waals surface area contributed by atoms with E-state index < -0.39 is 46.5 Å². The van der Waals surface area contributed by atoms with Crippen molar-refractivity contribution in [2.24, 2.45) is 7.05 Å². The third-order valence-corrected chi connectivity index (χ3v) is 26.7. The van der Waals surface area contributed by atoms with Crippen LogP contribution < -0.4 is 35.1 Å². The molecule has 33 heteroatoms. The molecule has 0 unspecified atom stereocenters. The van der Waals surface area contributed by atoms with Crippen LogP contribution in [0.1, 0.15) is 135 Å². The Kier molecular flexibility index (Phi) is 33.9. The van der Waals surface area contributed by atoms with Crippen LogP contribution in [0.15, 0.2) is 237 Å². The number of ether oxygens (including phenoxy) is 6. The van der Waals surface area contributed by atoms with Crippen molar-refractivity contribution in [2.45, 2.75) is 97.1 Å².